The van der Waals surface area contributed by atoms with Gasteiger partial charge in [0.05, 0.1) is 11.6 Å². The van der Waals surface area contributed by atoms with Gasteiger partial charge in [0.1, 0.15) is 6.54 Å². The van der Waals surface area contributed by atoms with Crippen LogP contribution in [0, 0.1) is 0 Å². The molecule has 0 radical (unpaired) electrons. The third kappa shape index (κ3) is 4.85. The molecule has 0 fully saturated rings. The Hall–Kier alpha value is -3.55. The number of carbonyl (C=O) groups excluding carboxylic acids is 2. The minimum atomic E-state index is -4.47. The van der Waals surface area contributed by atoms with Crippen molar-refractivity contribution in [2.45, 2.75) is 32.1 Å². The van der Waals surface area contributed by atoms with Gasteiger partial charge in [0.25, 0.3) is 5.91 Å². The van der Waals surface area contributed by atoms with Crippen LogP contribution in [0.2, 0.25) is 0 Å². The molecule has 0 N–H and O–H groups in total. The van der Waals surface area contributed by atoms with Crippen LogP contribution in [0.15, 0.2) is 72.9 Å². The van der Waals surface area contributed by atoms with E-state index in [1.54, 1.807) is 4.90 Å². The van der Waals surface area contributed by atoms with Crippen molar-refractivity contribution in [2.75, 3.05) is 19.6 Å². The second-order valence-corrected chi connectivity index (χ2v) is 8.33. The maximum absolute atomic E-state index is 13.5. The van der Waals surface area contributed by atoms with Crippen LogP contribution in [0.1, 0.15) is 46.6 Å². The van der Waals surface area contributed by atoms with Crippen LogP contribution in [0.25, 0.3) is 0 Å². The number of aromatic nitrogens is 1. The second kappa shape index (κ2) is 9.75. The average Bonchev–Trinajstić information content (AvgIpc) is 3.31. The molecule has 1 unspecified atom stereocenters. The predicted molar refractivity (Wildman–Crippen MR) is 122 cm³/mol. The molecule has 0 aliphatic carbocycles. The van der Waals surface area contributed by atoms with E-state index in [4.69, 9.17) is 0 Å². The molecule has 1 aliphatic rings. The van der Waals surface area contributed by atoms with Gasteiger partial charge in [-0.2, -0.15) is 13.2 Å². The number of benzene rings is 2. The molecule has 1 aromatic heterocycles. The summed E-state index contributed by atoms with van der Waals surface area (Å²) in [6, 6.07) is 17.5. The highest BCUT2D eigenvalue weighted by Gasteiger charge is 2.34. The molecular weight excluding hydrogens is 443 g/mol. The van der Waals surface area contributed by atoms with Crippen LogP contribution in [0.4, 0.5) is 13.2 Å². The predicted octanol–water partition coefficient (Wildman–Crippen LogP) is 4.99. The molecule has 0 saturated heterocycles. The van der Waals surface area contributed by atoms with Crippen LogP contribution in [0.5, 0.6) is 0 Å². The quantitative estimate of drug-likeness (QED) is 0.511. The minimum absolute atomic E-state index is 0.126. The maximum Gasteiger partial charge on any atom is 0.416 e. The highest BCUT2D eigenvalue weighted by atomic mass is 19.4. The fourth-order valence-corrected chi connectivity index (χ4v) is 4.40. The van der Waals surface area contributed by atoms with Crippen LogP contribution in [0.3, 0.4) is 0 Å². The summed E-state index contributed by atoms with van der Waals surface area (Å²) in [7, 11) is 0. The summed E-state index contributed by atoms with van der Waals surface area (Å²) >= 11 is 0. The molecule has 0 saturated carbocycles. The summed E-state index contributed by atoms with van der Waals surface area (Å²) in [4.78, 5) is 29.8. The SMILES string of the molecule is CCCN(CC(=O)N1CCn2cccc2C1c1ccccc1)C(=O)c1ccc(C(F)(F)F)cc1. The Morgan fingerprint density at radius 2 is 1.68 bits per heavy atom. The second-order valence-electron chi connectivity index (χ2n) is 8.33. The number of halogens is 3. The Bertz CT molecular complexity index is 1140. The Morgan fingerprint density at radius 1 is 0.971 bits per heavy atom. The Labute approximate surface area is 196 Å². The smallest absolute Gasteiger partial charge is 0.348 e. The van der Waals surface area contributed by atoms with E-state index >= 15 is 0 Å². The van der Waals surface area contributed by atoms with Crippen molar-refractivity contribution in [1.29, 1.82) is 0 Å². The largest absolute Gasteiger partial charge is 0.416 e. The lowest BCUT2D eigenvalue weighted by molar-refractivity contribution is -0.137. The molecule has 2 heterocycles. The fraction of sp³-hybridized carbons (Fsp3) is 0.308. The highest BCUT2D eigenvalue weighted by molar-refractivity contribution is 5.96. The summed E-state index contributed by atoms with van der Waals surface area (Å²) in [6.07, 6.45) is -1.87. The van der Waals surface area contributed by atoms with E-state index in [1.165, 1.54) is 17.0 Å². The zero-order valence-electron chi connectivity index (χ0n) is 18.8. The van der Waals surface area contributed by atoms with Gasteiger partial charge in [0.15, 0.2) is 0 Å². The highest BCUT2D eigenvalue weighted by Crippen LogP contribution is 2.33. The van der Waals surface area contributed by atoms with E-state index in [0.29, 0.717) is 26.1 Å². The van der Waals surface area contributed by atoms with Crippen molar-refractivity contribution < 1.29 is 22.8 Å². The number of alkyl halides is 3. The summed E-state index contributed by atoms with van der Waals surface area (Å²) in [6.45, 7) is 3.22. The van der Waals surface area contributed by atoms with Gasteiger partial charge in [-0.15, -0.1) is 0 Å². The lowest BCUT2D eigenvalue weighted by Gasteiger charge is -2.38. The van der Waals surface area contributed by atoms with Gasteiger partial charge in [-0.3, -0.25) is 9.59 Å². The number of hydrogen-bond acceptors (Lipinski definition) is 2. The van der Waals surface area contributed by atoms with Crippen molar-refractivity contribution in [3.63, 3.8) is 0 Å². The van der Waals surface area contributed by atoms with Crippen molar-refractivity contribution in [3.05, 3.63) is 95.3 Å². The van der Waals surface area contributed by atoms with Gasteiger partial charge in [0.2, 0.25) is 5.91 Å². The van der Waals surface area contributed by atoms with Gasteiger partial charge in [-0.1, -0.05) is 37.3 Å². The minimum Gasteiger partial charge on any atom is -0.348 e. The summed E-state index contributed by atoms with van der Waals surface area (Å²) in [5.41, 5.74) is 1.29. The third-order valence-corrected chi connectivity index (χ3v) is 6.04. The topological polar surface area (TPSA) is 45.6 Å². The first-order chi connectivity index (χ1) is 16.3. The van der Waals surface area contributed by atoms with Crippen LogP contribution < -0.4 is 0 Å². The number of amides is 2. The van der Waals surface area contributed by atoms with Gasteiger partial charge in [-0.25, -0.2) is 0 Å². The number of rotatable bonds is 6. The molecular formula is C26H26F3N3O2. The first kappa shape index (κ1) is 23.6. The van der Waals surface area contributed by atoms with Crippen molar-refractivity contribution >= 4 is 11.8 Å². The van der Waals surface area contributed by atoms with E-state index in [-0.39, 0.29) is 24.1 Å². The maximum atomic E-state index is 13.5. The summed E-state index contributed by atoms with van der Waals surface area (Å²) in [5, 5.41) is 0. The van der Waals surface area contributed by atoms with E-state index in [0.717, 1.165) is 23.4 Å². The standard InChI is InChI=1S/C26H26F3N3O2/c1-2-14-31(25(34)20-10-12-21(13-11-20)26(27,28)29)18-23(33)32-17-16-30-15-6-9-22(30)24(32)19-7-4-3-5-8-19/h3-13,15,24H,2,14,16-18H2,1H3. The van der Waals surface area contributed by atoms with E-state index in [1.807, 2.05) is 55.6 Å². The normalized spacial score (nSPS) is 15.6. The number of carbonyl (C=O) groups is 2. The summed E-state index contributed by atoms with van der Waals surface area (Å²) < 4.78 is 40.8. The molecule has 178 valence electrons. The van der Waals surface area contributed by atoms with Gasteiger partial charge in [-0.05, 0) is 48.4 Å². The summed E-state index contributed by atoms with van der Waals surface area (Å²) in [5.74, 6) is -0.657. The van der Waals surface area contributed by atoms with Crippen LogP contribution in [-0.4, -0.2) is 45.8 Å². The molecule has 5 nitrogen and oxygen atoms in total. The molecule has 2 amide bonds. The van der Waals surface area contributed by atoms with Gasteiger partial charge in [0, 0.05) is 37.1 Å². The zero-order valence-corrected chi connectivity index (χ0v) is 18.8. The van der Waals surface area contributed by atoms with Crippen LogP contribution >= 0.6 is 0 Å². The number of hydrogen-bond donors (Lipinski definition) is 0. The molecule has 3 aromatic rings. The van der Waals surface area contributed by atoms with Crippen molar-refractivity contribution in [3.8, 4) is 0 Å². The number of fused-ring (bicyclic) bond motifs is 1. The average molecular weight is 470 g/mol. The lowest BCUT2D eigenvalue weighted by Crippen LogP contribution is -2.48. The molecule has 4 rings (SSSR count). The first-order valence-corrected chi connectivity index (χ1v) is 11.3. The fourth-order valence-electron chi connectivity index (χ4n) is 4.40. The van der Waals surface area contributed by atoms with Crippen LogP contribution in [-0.2, 0) is 17.5 Å². The van der Waals surface area contributed by atoms with E-state index < -0.39 is 17.6 Å². The lowest BCUT2D eigenvalue weighted by atomic mass is 10.00. The molecule has 1 aliphatic heterocycles. The zero-order chi connectivity index (χ0) is 24.3. The number of nitrogens with zero attached hydrogens (tertiary/aromatic N) is 3. The molecule has 1 atom stereocenters. The van der Waals surface area contributed by atoms with Crippen molar-refractivity contribution in [2.24, 2.45) is 0 Å². The molecule has 2 aromatic carbocycles. The molecule has 0 spiro atoms. The van der Waals surface area contributed by atoms with Gasteiger partial charge < -0.3 is 14.4 Å². The van der Waals surface area contributed by atoms with E-state index in [2.05, 4.69) is 4.57 Å². The monoisotopic (exact) mass is 469 g/mol. The molecule has 34 heavy (non-hydrogen) atoms. The Kier molecular flexibility index (Phi) is 6.77. The first-order valence-electron chi connectivity index (χ1n) is 11.3. The Balaban J connectivity index is 1.56. The van der Waals surface area contributed by atoms with Crippen molar-refractivity contribution in [1.82, 2.24) is 14.4 Å². The molecule has 8 heteroatoms. The van der Waals surface area contributed by atoms with Gasteiger partial charge >= 0.3 is 6.18 Å². The van der Waals surface area contributed by atoms with E-state index in [9.17, 15) is 22.8 Å². The Morgan fingerprint density at radius 3 is 2.32 bits per heavy atom. The third-order valence-electron chi connectivity index (χ3n) is 6.04. The molecule has 0 bridgehead atoms.